The van der Waals surface area contributed by atoms with E-state index in [0.29, 0.717) is 11.7 Å². The number of carbonyl (C=O) groups is 2. The third-order valence-electron chi connectivity index (χ3n) is 5.59. The van der Waals surface area contributed by atoms with Gasteiger partial charge in [0.25, 0.3) is 0 Å². The highest BCUT2D eigenvalue weighted by atomic mass is 16.2. The summed E-state index contributed by atoms with van der Waals surface area (Å²) in [4.78, 5) is 25.2. The monoisotopic (exact) mass is 396 g/mol. The largest absolute Gasteiger partial charge is 0.344 e. The molecule has 0 spiro atoms. The Morgan fingerprint density at radius 2 is 1.86 bits per heavy atom. The Morgan fingerprint density at radius 1 is 1.14 bits per heavy atom. The number of nitrogens with zero attached hydrogens (tertiary/aromatic N) is 1. The number of aromatic amines is 1. The number of carbonyl (C=O) groups excluding carboxylic acids is 2. The van der Waals surface area contributed by atoms with Crippen molar-refractivity contribution >= 4 is 17.6 Å². The fourth-order valence-corrected chi connectivity index (χ4v) is 3.98. The van der Waals surface area contributed by atoms with Crippen LogP contribution in [0.4, 0.5) is 5.82 Å². The summed E-state index contributed by atoms with van der Waals surface area (Å²) < 4.78 is 0. The molecule has 3 N–H and O–H groups in total. The Hall–Kier alpha value is -2.63. The Morgan fingerprint density at radius 3 is 2.55 bits per heavy atom. The number of amides is 2. The summed E-state index contributed by atoms with van der Waals surface area (Å²) in [6, 6.07) is 10.8. The maximum Gasteiger partial charge on any atom is 0.248 e. The molecule has 156 valence electrons. The van der Waals surface area contributed by atoms with Gasteiger partial charge in [-0.25, -0.2) is 0 Å². The molecule has 0 aliphatic heterocycles. The molecule has 6 nitrogen and oxygen atoms in total. The van der Waals surface area contributed by atoms with E-state index >= 15 is 0 Å². The maximum atomic E-state index is 12.8. The maximum absolute atomic E-state index is 12.8. The van der Waals surface area contributed by atoms with Gasteiger partial charge in [0.1, 0.15) is 6.04 Å². The van der Waals surface area contributed by atoms with E-state index in [2.05, 4.69) is 20.8 Å². The van der Waals surface area contributed by atoms with Crippen LogP contribution in [0.25, 0.3) is 0 Å². The van der Waals surface area contributed by atoms with Crippen LogP contribution in [0.1, 0.15) is 57.2 Å². The summed E-state index contributed by atoms with van der Waals surface area (Å²) in [6.45, 7) is 3.85. The minimum absolute atomic E-state index is 0.0321. The van der Waals surface area contributed by atoms with Crippen LogP contribution < -0.4 is 10.6 Å². The Labute approximate surface area is 172 Å². The highest BCUT2D eigenvalue weighted by Crippen LogP contribution is 2.26. The molecule has 29 heavy (non-hydrogen) atoms. The predicted octanol–water partition coefficient (Wildman–Crippen LogP) is 3.85. The average Bonchev–Trinajstić information content (AvgIpc) is 3.14. The lowest BCUT2D eigenvalue weighted by Crippen LogP contribution is -2.47. The number of benzene rings is 1. The first-order valence-electron chi connectivity index (χ1n) is 10.7. The molecule has 2 aromatic rings. The molecule has 0 bridgehead atoms. The lowest BCUT2D eigenvalue weighted by molar-refractivity contribution is -0.127. The van der Waals surface area contributed by atoms with Crippen LogP contribution in [-0.4, -0.2) is 28.1 Å². The van der Waals surface area contributed by atoms with Gasteiger partial charge in [0, 0.05) is 11.8 Å². The van der Waals surface area contributed by atoms with E-state index in [-0.39, 0.29) is 24.2 Å². The molecule has 1 atom stereocenters. The van der Waals surface area contributed by atoms with Crippen molar-refractivity contribution in [2.75, 3.05) is 5.32 Å². The van der Waals surface area contributed by atoms with Gasteiger partial charge in [-0.1, -0.05) is 76.3 Å². The van der Waals surface area contributed by atoms with E-state index in [0.717, 1.165) is 17.7 Å². The number of nitrogens with one attached hydrogen (secondary N) is 3. The summed E-state index contributed by atoms with van der Waals surface area (Å²) in [7, 11) is 0. The quantitative estimate of drug-likeness (QED) is 0.633. The SMILES string of the molecule is CC(C)C(NC(=O)Cc1ccccc1)C(=O)Nc1cc(CC2CCCCC2)[nH]n1. The van der Waals surface area contributed by atoms with Crippen LogP contribution in [0.3, 0.4) is 0 Å². The minimum Gasteiger partial charge on any atom is -0.344 e. The second-order valence-electron chi connectivity index (χ2n) is 8.43. The van der Waals surface area contributed by atoms with Crippen LogP contribution in [0.15, 0.2) is 36.4 Å². The van der Waals surface area contributed by atoms with Crippen molar-refractivity contribution < 1.29 is 9.59 Å². The summed E-state index contributed by atoms with van der Waals surface area (Å²) in [6.07, 6.45) is 7.72. The summed E-state index contributed by atoms with van der Waals surface area (Å²) >= 11 is 0. The van der Waals surface area contributed by atoms with E-state index in [9.17, 15) is 9.59 Å². The van der Waals surface area contributed by atoms with Crippen molar-refractivity contribution in [3.05, 3.63) is 47.7 Å². The molecule has 1 fully saturated rings. The Kier molecular flexibility index (Phi) is 7.44. The molecule has 1 aromatic carbocycles. The number of anilines is 1. The highest BCUT2D eigenvalue weighted by molar-refractivity contribution is 5.97. The van der Waals surface area contributed by atoms with Gasteiger partial charge in [0.05, 0.1) is 6.42 Å². The fourth-order valence-electron chi connectivity index (χ4n) is 3.98. The molecule has 0 radical (unpaired) electrons. The molecule has 3 rings (SSSR count). The van der Waals surface area contributed by atoms with Gasteiger partial charge < -0.3 is 10.6 Å². The zero-order valence-electron chi connectivity index (χ0n) is 17.4. The van der Waals surface area contributed by atoms with Crippen molar-refractivity contribution in [1.29, 1.82) is 0 Å². The number of rotatable bonds is 8. The third kappa shape index (κ3) is 6.44. The molecule has 1 unspecified atom stereocenters. The number of hydrogen-bond acceptors (Lipinski definition) is 3. The van der Waals surface area contributed by atoms with Gasteiger partial charge in [-0.15, -0.1) is 0 Å². The molecule has 0 saturated heterocycles. The molecule has 6 heteroatoms. The third-order valence-corrected chi connectivity index (χ3v) is 5.59. The number of H-pyrrole nitrogens is 1. The van der Waals surface area contributed by atoms with Gasteiger partial charge in [0.2, 0.25) is 11.8 Å². The first kappa shape index (κ1) is 21.1. The molecule has 1 aromatic heterocycles. The number of aromatic nitrogens is 2. The lowest BCUT2D eigenvalue weighted by atomic mass is 9.86. The second-order valence-corrected chi connectivity index (χ2v) is 8.43. The zero-order chi connectivity index (χ0) is 20.6. The highest BCUT2D eigenvalue weighted by Gasteiger charge is 2.25. The van der Waals surface area contributed by atoms with Gasteiger partial charge in [-0.3, -0.25) is 14.7 Å². The van der Waals surface area contributed by atoms with Gasteiger partial charge in [-0.2, -0.15) is 5.10 Å². The average molecular weight is 397 g/mol. The molecule has 1 saturated carbocycles. The Bertz CT molecular complexity index is 794. The normalized spacial score (nSPS) is 15.8. The van der Waals surface area contributed by atoms with Crippen LogP contribution in [0, 0.1) is 11.8 Å². The Balaban J connectivity index is 1.54. The van der Waals surface area contributed by atoms with Gasteiger partial charge >= 0.3 is 0 Å². The molecular weight excluding hydrogens is 364 g/mol. The molecular formula is C23H32N4O2. The van der Waals surface area contributed by atoms with Gasteiger partial charge in [-0.05, 0) is 23.8 Å². The van der Waals surface area contributed by atoms with Crippen molar-refractivity contribution in [1.82, 2.24) is 15.5 Å². The molecule has 1 aliphatic carbocycles. The van der Waals surface area contributed by atoms with Crippen LogP contribution >= 0.6 is 0 Å². The van der Waals surface area contributed by atoms with Crippen molar-refractivity contribution in [3.63, 3.8) is 0 Å². The van der Waals surface area contributed by atoms with Crippen LogP contribution in [0.5, 0.6) is 0 Å². The minimum atomic E-state index is -0.607. The lowest BCUT2D eigenvalue weighted by Gasteiger charge is -2.21. The fraction of sp³-hybridized carbons (Fsp3) is 0.522. The van der Waals surface area contributed by atoms with E-state index in [1.807, 2.05) is 50.2 Å². The molecule has 1 heterocycles. The summed E-state index contributed by atoms with van der Waals surface area (Å²) in [5.41, 5.74) is 1.98. The second kappa shape index (κ2) is 10.2. The molecule has 2 amide bonds. The number of hydrogen-bond donors (Lipinski definition) is 3. The van der Waals surface area contributed by atoms with Crippen molar-refractivity contribution in [2.24, 2.45) is 11.8 Å². The zero-order valence-corrected chi connectivity index (χ0v) is 17.4. The van der Waals surface area contributed by atoms with E-state index in [1.54, 1.807) is 0 Å². The smallest absolute Gasteiger partial charge is 0.248 e. The van der Waals surface area contributed by atoms with Crippen LogP contribution in [-0.2, 0) is 22.4 Å². The predicted molar refractivity (Wildman–Crippen MR) is 114 cm³/mol. The van der Waals surface area contributed by atoms with E-state index in [4.69, 9.17) is 0 Å². The van der Waals surface area contributed by atoms with E-state index < -0.39 is 6.04 Å². The van der Waals surface area contributed by atoms with Crippen molar-refractivity contribution in [2.45, 2.75) is 64.8 Å². The topological polar surface area (TPSA) is 86.9 Å². The summed E-state index contributed by atoms with van der Waals surface area (Å²) in [5.74, 6) is 0.787. The first-order chi connectivity index (χ1) is 14.0. The molecule has 1 aliphatic rings. The first-order valence-corrected chi connectivity index (χ1v) is 10.7. The van der Waals surface area contributed by atoms with Gasteiger partial charge in [0.15, 0.2) is 5.82 Å². The van der Waals surface area contributed by atoms with Crippen LogP contribution in [0.2, 0.25) is 0 Å². The summed E-state index contributed by atoms with van der Waals surface area (Å²) in [5, 5.41) is 13.0. The van der Waals surface area contributed by atoms with E-state index in [1.165, 1.54) is 32.1 Å². The van der Waals surface area contributed by atoms with Crippen molar-refractivity contribution in [3.8, 4) is 0 Å². The standard InChI is InChI=1S/C23H32N4O2/c1-16(2)22(25-21(28)14-18-11-7-4-8-12-18)23(29)24-20-15-19(26-27-20)13-17-9-5-3-6-10-17/h4,7-8,11-12,15-17,22H,3,5-6,9-10,13-14H2,1-2H3,(H,25,28)(H2,24,26,27,29).